The highest BCUT2D eigenvalue weighted by Crippen LogP contribution is 2.24. The van der Waals surface area contributed by atoms with Gasteiger partial charge in [0.2, 0.25) is 12.2 Å². The van der Waals surface area contributed by atoms with Crippen molar-refractivity contribution in [2.75, 3.05) is 13.7 Å². The third-order valence-electron chi connectivity index (χ3n) is 4.72. The van der Waals surface area contributed by atoms with Crippen molar-refractivity contribution < 1.29 is 19.0 Å². The van der Waals surface area contributed by atoms with Crippen molar-refractivity contribution in [3.05, 3.63) is 77.7 Å². The van der Waals surface area contributed by atoms with E-state index in [9.17, 15) is 4.79 Å². The Morgan fingerprint density at radius 2 is 1.93 bits per heavy atom. The third-order valence-corrected chi connectivity index (χ3v) is 4.72. The van der Waals surface area contributed by atoms with Gasteiger partial charge in [-0.1, -0.05) is 42.5 Å². The van der Waals surface area contributed by atoms with Crippen LogP contribution in [0.3, 0.4) is 0 Å². The molecule has 1 unspecified atom stereocenters. The minimum absolute atomic E-state index is 0.0412. The van der Waals surface area contributed by atoms with Crippen LogP contribution < -0.4 is 4.74 Å². The highest BCUT2D eigenvalue weighted by atomic mass is 16.7. The van der Waals surface area contributed by atoms with Crippen LogP contribution in [0.4, 0.5) is 0 Å². The predicted octanol–water partition coefficient (Wildman–Crippen LogP) is 3.28. The van der Waals surface area contributed by atoms with Crippen LogP contribution >= 0.6 is 0 Å². The molecule has 0 radical (unpaired) electrons. The number of hydrazone groups is 1. The molecule has 28 heavy (non-hydrogen) atoms. The van der Waals surface area contributed by atoms with Gasteiger partial charge in [-0.05, 0) is 23.3 Å². The molecule has 4 rings (SSSR count). The molecular weight excluding hydrogens is 356 g/mol. The lowest BCUT2D eigenvalue weighted by atomic mass is 10.1. The molecule has 2 aliphatic rings. The van der Waals surface area contributed by atoms with E-state index in [4.69, 9.17) is 14.2 Å². The third kappa shape index (κ3) is 4.17. The van der Waals surface area contributed by atoms with Gasteiger partial charge in [0.05, 0.1) is 20.1 Å². The fraction of sp³-hybridized carbons (Fsp3) is 0.273. The van der Waals surface area contributed by atoms with Crippen molar-refractivity contribution in [2.45, 2.75) is 25.6 Å². The van der Waals surface area contributed by atoms with E-state index in [-0.39, 0.29) is 12.2 Å². The van der Waals surface area contributed by atoms with Crippen LogP contribution in [0.2, 0.25) is 0 Å². The Morgan fingerprint density at radius 1 is 1.14 bits per heavy atom. The minimum atomic E-state index is -0.357. The van der Waals surface area contributed by atoms with Gasteiger partial charge >= 0.3 is 0 Å². The Balaban J connectivity index is 1.33. The Labute approximate surface area is 164 Å². The fourth-order valence-corrected chi connectivity index (χ4v) is 3.19. The van der Waals surface area contributed by atoms with Crippen molar-refractivity contribution >= 4 is 11.6 Å². The summed E-state index contributed by atoms with van der Waals surface area (Å²) in [5.74, 6) is 1.34. The Morgan fingerprint density at radius 3 is 2.68 bits per heavy atom. The van der Waals surface area contributed by atoms with E-state index >= 15 is 0 Å². The van der Waals surface area contributed by atoms with Crippen molar-refractivity contribution in [3.63, 3.8) is 0 Å². The molecule has 0 saturated carbocycles. The average Bonchev–Trinajstić information content (AvgIpc) is 3.39. The molecule has 6 nitrogen and oxygen atoms in total. The number of ether oxygens (including phenoxy) is 3. The maximum Gasteiger partial charge on any atom is 0.247 e. The zero-order chi connectivity index (χ0) is 19.3. The van der Waals surface area contributed by atoms with Crippen molar-refractivity contribution in [1.82, 2.24) is 5.01 Å². The minimum Gasteiger partial charge on any atom is -0.497 e. The van der Waals surface area contributed by atoms with Gasteiger partial charge in [-0.2, -0.15) is 5.10 Å². The van der Waals surface area contributed by atoms with Gasteiger partial charge in [0, 0.05) is 12.8 Å². The molecule has 6 heteroatoms. The molecule has 0 aliphatic carbocycles. The molecule has 0 fully saturated rings. The van der Waals surface area contributed by atoms with Crippen LogP contribution in [0, 0.1) is 0 Å². The number of carbonyl (C=O) groups is 1. The topological polar surface area (TPSA) is 60.4 Å². The highest BCUT2D eigenvalue weighted by molar-refractivity contribution is 6.00. The number of hydrogen-bond acceptors (Lipinski definition) is 5. The summed E-state index contributed by atoms with van der Waals surface area (Å²) in [5, 5.41) is 5.95. The number of rotatable bonds is 6. The van der Waals surface area contributed by atoms with E-state index < -0.39 is 0 Å². The predicted molar refractivity (Wildman–Crippen MR) is 105 cm³/mol. The lowest BCUT2D eigenvalue weighted by Gasteiger charge is -2.12. The maximum absolute atomic E-state index is 12.5. The summed E-state index contributed by atoms with van der Waals surface area (Å²) >= 11 is 0. The summed E-state index contributed by atoms with van der Waals surface area (Å²) in [6.45, 7) is 0.550. The molecule has 144 valence electrons. The molecular formula is C22H22N2O4. The van der Waals surface area contributed by atoms with E-state index in [1.54, 1.807) is 13.4 Å². The van der Waals surface area contributed by atoms with Crippen molar-refractivity contribution in [1.29, 1.82) is 0 Å². The van der Waals surface area contributed by atoms with Crippen LogP contribution in [-0.4, -0.2) is 36.6 Å². The first-order chi connectivity index (χ1) is 13.7. The molecule has 2 heterocycles. The van der Waals surface area contributed by atoms with E-state index in [1.807, 2.05) is 54.6 Å². The highest BCUT2D eigenvalue weighted by Gasteiger charge is 2.29. The van der Waals surface area contributed by atoms with Crippen LogP contribution in [0.25, 0.3) is 0 Å². The number of methoxy groups -OCH3 is 1. The number of allylic oxidation sites excluding steroid dienone is 1. The molecule has 2 aromatic carbocycles. The molecule has 0 spiro atoms. The summed E-state index contributed by atoms with van der Waals surface area (Å²) < 4.78 is 16.6. The number of carbonyl (C=O) groups excluding carboxylic acids is 1. The first-order valence-electron chi connectivity index (χ1n) is 9.28. The zero-order valence-corrected chi connectivity index (χ0v) is 15.7. The lowest BCUT2D eigenvalue weighted by Crippen LogP contribution is -2.25. The average molecular weight is 378 g/mol. The molecule has 2 aliphatic heterocycles. The van der Waals surface area contributed by atoms with E-state index in [2.05, 4.69) is 5.10 Å². The maximum atomic E-state index is 12.5. The van der Waals surface area contributed by atoms with Crippen molar-refractivity contribution in [2.24, 2.45) is 5.10 Å². The largest absolute Gasteiger partial charge is 0.497 e. The van der Waals surface area contributed by atoms with E-state index in [0.717, 1.165) is 22.6 Å². The van der Waals surface area contributed by atoms with Crippen LogP contribution in [0.15, 0.2) is 71.7 Å². The molecule has 1 atom stereocenters. The molecule has 0 aromatic heterocycles. The van der Waals surface area contributed by atoms with Crippen molar-refractivity contribution in [3.8, 4) is 5.75 Å². The standard InChI is InChI=1S/C22H22N2O4/c1-26-18-9-7-17(8-10-18)13-21(25)24-12-11-19(23-24)20-15-27-22(28-20)14-16-5-3-2-4-6-16/h2-10,15,22H,11-14H2,1H3. The molecule has 0 saturated heterocycles. The van der Waals surface area contributed by atoms with Gasteiger partial charge in [0.1, 0.15) is 17.7 Å². The monoisotopic (exact) mass is 378 g/mol. The fourth-order valence-electron chi connectivity index (χ4n) is 3.19. The normalized spacial score (nSPS) is 18.2. The smallest absolute Gasteiger partial charge is 0.247 e. The lowest BCUT2D eigenvalue weighted by molar-refractivity contribution is -0.130. The second-order valence-electron chi connectivity index (χ2n) is 6.69. The summed E-state index contributed by atoms with van der Waals surface area (Å²) in [6.07, 6.45) is 2.86. The SMILES string of the molecule is COc1ccc(CC(=O)N2CCC(C3=COC(Cc4ccccc4)O3)=N2)cc1. The van der Waals surface area contributed by atoms with Gasteiger partial charge in [0.25, 0.3) is 0 Å². The molecule has 0 bridgehead atoms. The number of nitrogens with zero attached hydrogens (tertiary/aromatic N) is 2. The Hall–Kier alpha value is -3.28. The molecule has 0 N–H and O–H groups in total. The van der Waals surface area contributed by atoms with Crippen LogP contribution in [0.5, 0.6) is 5.75 Å². The van der Waals surface area contributed by atoms with Gasteiger partial charge in [-0.25, -0.2) is 5.01 Å². The molecule has 1 amide bonds. The molecule has 2 aromatic rings. The Kier molecular flexibility index (Phi) is 5.28. The zero-order valence-electron chi connectivity index (χ0n) is 15.7. The van der Waals surface area contributed by atoms with Crippen LogP contribution in [0.1, 0.15) is 17.5 Å². The van der Waals surface area contributed by atoms with Gasteiger partial charge in [-0.15, -0.1) is 0 Å². The van der Waals surface area contributed by atoms with Gasteiger partial charge < -0.3 is 14.2 Å². The number of benzene rings is 2. The Bertz CT molecular complexity index is 891. The number of amides is 1. The summed E-state index contributed by atoms with van der Waals surface area (Å²) in [7, 11) is 1.62. The van der Waals surface area contributed by atoms with Gasteiger partial charge in [0.15, 0.2) is 5.76 Å². The summed E-state index contributed by atoms with van der Waals surface area (Å²) in [5.41, 5.74) is 2.82. The number of hydrogen-bond donors (Lipinski definition) is 0. The van der Waals surface area contributed by atoms with Crippen LogP contribution in [-0.2, 0) is 27.1 Å². The van der Waals surface area contributed by atoms with E-state index in [1.165, 1.54) is 5.01 Å². The quantitative estimate of drug-likeness (QED) is 0.774. The second-order valence-corrected chi connectivity index (χ2v) is 6.69. The second kappa shape index (κ2) is 8.17. The summed E-state index contributed by atoms with van der Waals surface area (Å²) in [6, 6.07) is 17.5. The summed E-state index contributed by atoms with van der Waals surface area (Å²) in [4.78, 5) is 12.5. The van der Waals surface area contributed by atoms with Gasteiger partial charge in [-0.3, -0.25) is 4.79 Å². The first kappa shape index (κ1) is 18.1. The first-order valence-corrected chi connectivity index (χ1v) is 9.28. The van der Waals surface area contributed by atoms with E-state index in [0.29, 0.717) is 31.6 Å².